The van der Waals surface area contributed by atoms with E-state index in [4.69, 9.17) is 4.42 Å². The van der Waals surface area contributed by atoms with Crippen LogP contribution in [0.1, 0.15) is 62.8 Å². The molecule has 3 rings (SSSR count). The number of fused-ring (bicyclic) bond motifs is 1. The van der Waals surface area contributed by atoms with Crippen LogP contribution in [0, 0.1) is 0 Å². The second kappa shape index (κ2) is 8.38. The fraction of sp³-hybridized carbons (Fsp3) is 0.400. The van der Waals surface area contributed by atoms with Crippen molar-refractivity contribution in [1.29, 1.82) is 0 Å². The smallest absolute Gasteiger partial charge is 0.336 e. The van der Waals surface area contributed by atoms with Crippen molar-refractivity contribution < 1.29 is 12.8 Å². The third kappa shape index (κ3) is 5.01. The minimum Gasteiger partial charge on any atom is -0.422 e. The molecule has 3 aromatic rings. The van der Waals surface area contributed by atoms with Gasteiger partial charge >= 0.3 is 5.63 Å². The van der Waals surface area contributed by atoms with E-state index in [9.17, 15) is 13.2 Å². The highest BCUT2D eigenvalue weighted by Gasteiger charge is 2.28. The molecule has 0 spiro atoms. The lowest BCUT2D eigenvalue weighted by Gasteiger charge is -2.19. The Hall–Kier alpha value is -2.40. The molecule has 0 aliphatic rings. The molecule has 5 heteroatoms. The summed E-state index contributed by atoms with van der Waals surface area (Å²) in [7, 11) is -3.19. The number of benzene rings is 2. The van der Waals surface area contributed by atoms with Crippen molar-refractivity contribution in [2.75, 3.05) is 0 Å². The maximum atomic E-state index is 12.4. The Balaban J connectivity index is 1.76. The predicted molar refractivity (Wildman–Crippen MR) is 123 cm³/mol. The van der Waals surface area contributed by atoms with Gasteiger partial charge in [-0.15, -0.1) is 0 Å². The van der Waals surface area contributed by atoms with E-state index < -0.39 is 14.6 Å². The van der Waals surface area contributed by atoms with Crippen LogP contribution in [0.5, 0.6) is 0 Å². The SMILES string of the molecule is CC(C)c1cc(CCc2ccc(CS(=O)(=O)C(C)(C)C)cc2)cc2ccc(=O)oc12. The van der Waals surface area contributed by atoms with E-state index in [0.29, 0.717) is 5.58 Å². The highest BCUT2D eigenvalue weighted by Crippen LogP contribution is 2.27. The van der Waals surface area contributed by atoms with Crippen LogP contribution < -0.4 is 5.63 Å². The van der Waals surface area contributed by atoms with Crippen molar-refractivity contribution >= 4 is 20.8 Å². The van der Waals surface area contributed by atoms with Crippen molar-refractivity contribution in [3.63, 3.8) is 0 Å². The van der Waals surface area contributed by atoms with Gasteiger partial charge in [-0.25, -0.2) is 13.2 Å². The molecule has 0 N–H and O–H groups in total. The molecule has 0 atom stereocenters. The standard InChI is InChI=1S/C25H30O4S/c1-17(2)22-15-20(14-21-12-13-23(26)29-24(21)22)11-8-18-6-9-19(10-7-18)16-30(27,28)25(3,4)5/h6-7,9-10,12-15,17H,8,11,16H2,1-5H3. The molecule has 0 amide bonds. The van der Waals surface area contributed by atoms with Crippen LogP contribution in [0.15, 0.2) is 57.7 Å². The van der Waals surface area contributed by atoms with Crippen LogP contribution in [-0.4, -0.2) is 13.2 Å². The van der Waals surface area contributed by atoms with Crippen LogP contribution in [-0.2, 0) is 28.4 Å². The topological polar surface area (TPSA) is 64.3 Å². The maximum Gasteiger partial charge on any atom is 0.336 e. The van der Waals surface area contributed by atoms with Gasteiger partial charge in [-0.2, -0.15) is 0 Å². The largest absolute Gasteiger partial charge is 0.422 e. The van der Waals surface area contributed by atoms with E-state index in [1.165, 1.54) is 11.6 Å². The fourth-order valence-corrected chi connectivity index (χ4v) is 4.44. The van der Waals surface area contributed by atoms with E-state index in [-0.39, 0.29) is 17.3 Å². The molecular formula is C25H30O4S. The van der Waals surface area contributed by atoms with Gasteiger partial charge in [-0.3, -0.25) is 0 Å². The molecule has 0 saturated heterocycles. The average Bonchev–Trinajstić information content (AvgIpc) is 2.65. The minimum atomic E-state index is -3.19. The first kappa shape index (κ1) is 22.3. The van der Waals surface area contributed by atoms with Gasteiger partial charge in [0.15, 0.2) is 9.84 Å². The van der Waals surface area contributed by atoms with Gasteiger partial charge in [0, 0.05) is 11.5 Å². The second-order valence-corrected chi connectivity index (χ2v) is 11.9. The third-order valence-electron chi connectivity index (χ3n) is 5.44. The van der Waals surface area contributed by atoms with Gasteiger partial charge in [0.1, 0.15) is 5.58 Å². The predicted octanol–water partition coefficient (Wildman–Crippen LogP) is 5.41. The molecule has 0 saturated carbocycles. The molecule has 0 aliphatic carbocycles. The van der Waals surface area contributed by atoms with Gasteiger partial charge in [0.05, 0.1) is 10.5 Å². The van der Waals surface area contributed by atoms with E-state index >= 15 is 0 Å². The molecule has 0 radical (unpaired) electrons. The lowest BCUT2D eigenvalue weighted by Crippen LogP contribution is -2.29. The molecule has 2 aromatic carbocycles. The Bertz CT molecular complexity index is 1190. The molecule has 1 heterocycles. The highest BCUT2D eigenvalue weighted by molar-refractivity contribution is 7.91. The summed E-state index contributed by atoms with van der Waals surface area (Å²) < 4.78 is 29.5. The number of aryl methyl sites for hydroxylation is 2. The number of hydrogen-bond donors (Lipinski definition) is 0. The van der Waals surface area contributed by atoms with Gasteiger partial charge in [0.25, 0.3) is 0 Å². The monoisotopic (exact) mass is 426 g/mol. The van der Waals surface area contributed by atoms with Gasteiger partial charge in [-0.1, -0.05) is 44.2 Å². The number of hydrogen-bond acceptors (Lipinski definition) is 4. The van der Waals surface area contributed by atoms with Crippen LogP contribution in [0.4, 0.5) is 0 Å². The first-order valence-electron chi connectivity index (χ1n) is 10.3. The first-order chi connectivity index (χ1) is 14.0. The van der Waals surface area contributed by atoms with Crippen LogP contribution in [0.25, 0.3) is 11.0 Å². The Kier molecular flexibility index (Phi) is 6.23. The van der Waals surface area contributed by atoms with Gasteiger partial charge < -0.3 is 4.42 Å². The lowest BCUT2D eigenvalue weighted by atomic mass is 9.95. The molecule has 160 valence electrons. The Labute approximate surface area is 178 Å². The normalized spacial score (nSPS) is 12.6. The number of rotatable bonds is 6. The summed E-state index contributed by atoms with van der Waals surface area (Å²) in [5, 5.41) is 0.943. The summed E-state index contributed by atoms with van der Waals surface area (Å²) in [6, 6.07) is 15.3. The van der Waals surface area contributed by atoms with Crippen molar-refractivity contribution in [2.24, 2.45) is 0 Å². The Morgan fingerprint density at radius 1 is 0.867 bits per heavy atom. The summed E-state index contributed by atoms with van der Waals surface area (Å²) in [6.45, 7) is 9.39. The molecule has 0 unspecified atom stereocenters. The summed E-state index contributed by atoms with van der Waals surface area (Å²) >= 11 is 0. The Morgan fingerprint density at radius 2 is 1.47 bits per heavy atom. The van der Waals surface area contributed by atoms with Gasteiger partial charge in [0.2, 0.25) is 0 Å². The zero-order chi connectivity index (χ0) is 22.1. The average molecular weight is 427 g/mol. The first-order valence-corrected chi connectivity index (χ1v) is 12.0. The summed E-state index contributed by atoms with van der Waals surface area (Å²) in [4.78, 5) is 11.6. The molecule has 1 aromatic heterocycles. The molecule has 0 fully saturated rings. The molecular weight excluding hydrogens is 396 g/mol. The summed E-state index contributed by atoms with van der Waals surface area (Å²) in [5.41, 5.74) is 4.56. The Morgan fingerprint density at radius 3 is 2.07 bits per heavy atom. The van der Waals surface area contributed by atoms with Crippen LogP contribution >= 0.6 is 0 Å². The van der Waals surface area contributed by atoms with Gasteiger partial charge in [-0.05, 0) is 73.9 Å². The maximum absolute atomic E-state index is 12.4. The van der Waals surface area contributed by atoms with Crippen molar-refractivity contribution in [3.05, 3.63) is 81.2 Å². The molecule has 0 aliphatic heterocycles. The zero-order valence-electron chi connectivity index (χ0n) is 18.4. The van der Waals surface area contributed by atoms with Crippen molar-refractivity contribution in [2.45, 2.75) is 63.9 Å². The van der Waals surface area contributed by atoms with Crippen LogP contribution in [0.3, 0.4) is 0 Å². The zero-order valence-corrected chi connectivity index (χ0v) is 19.2. The quantitative estimate of drug-likeness (QED) is 0.494. The molecule has 0 bridgehead atoms. The second-order valence-electron chi connectivity index (χ2n) is 9.20. The minimum absolute atomic E-state index is 0.0599. The summed E-state index contributed by atoms with van der Waals surface area (Å²) in [5.74, 6) is 0.312. The lowest BCUT2D eigenvalue weighted by molar-refractivity contribution is 0.554. The van der Waals surface area contributed by atoms with E-state index in [1.54, 1.807) is 20.8 Å². The molecule has 30 heavy (non-hydrogen) atoms. The highest BCUT2D eigenvalue weighted by atomic mass is 32.2. The van der Waals surface area contributed by atoms with Crippen molar-refractivity contribution in [3.8, 4) is 0 Å². The number of sulfone groups is 1. The summed E-state index contributed by atoms with van der Waals surface area (Å²) in [6.07, 6.45) is 1.71. The molecule has 4 nitrogen and oxygen atoms in total. The van der Waals surface area contributed by atoms with E-state index in [1.807, 2.05) is 30.3 Å². The van der Waals surface area contributed by atoms with E-state index in [2.05, 4.69) is 26.0 Å². The van der Waals surface area contributed by atoms with Crippen LogP contribution in [0.2, 0.25) is 0 Å². The van der Waals surface area contributed by atoms with E-state index in [0.717, 1.165) is 34.9 Å². The van der Waals surface area contributed by atoms with Crippen molar-refractivity contribution in [1.82, 2.24) is 0 Å². The fourth-order valence-electron chi connectivity index (χ4n) is 3.37. The third-order valence-corrected chi connectivity index (χ3v) is 8.02.